The molecule has 0 bridgehead atoms. The van der Waals surface area contributed by atoms with Crippen molar-refractivity contribution in [3.05, 3.63) is 34.9 Å². The molecule has 1 aliphatic carbocycles. The molecule has 90 valence electrons. The van der Waals surface area contributed by atoms with Crippen LogP contribution < -0.4 is 10.6 Å². The Morgan fingerprint density at radius 3 is 3.00 bits per heavy atom. The molecule has 1 aromatic rings. The number of rotatable bonds is 3. The number of amides is 1. The van der Waals surface area contributed by atoms with Gasteiger partial charge in [-0.25, -0.2) is 0 Å². The average molecular weight is 230 g/mol. The Morgan fingerprint density at radius 2 is 2.24 bits per heavy atom. The SMILES string of the molecule is CCC1CC1NC(=O)c1ccc2c(c1)CNC2. The third kappa shape index (κ3) is 2.07. The Kier molecular flexibility index (Phi) is 2.63. The molecule has 3 nitrogen and oxygen atoms in total. The highest BCUT2D eigenvalue weighted by atomic mass is 16.1. The fourth-order valence-electron chi connectivity index (χ4n) is 2.56. The second-order valence-corrected chi connectivity index (χ2v) is 5.07. The molecule has 0 spiro atoms. The van der Waals surface area contributed by atoms with Crippen molar-refractivity contribution in [1.82, 2.24) is 10.6 Å². The molecular formula is C14H18N2O. The van der Waals surface area contributed by atoms with Gasteiger partial charge in [0.05, 0.1) is 0 Å². The minimum absolute atomic E-state index is 0.0839. The fraction of sp³-hybridized carbons (Fsp3) is 0.500. The largest absolute Gasteiger partial charge is 0.349 e. The third-order valence-corrected chi connectivity index (χ3v) is 3.86. The Morgan fingerprint density at radius 1 is 1.41 bits per heavy atom. The van der Waals surface area contributed by atoms with Crippen molar-refractivity contribution in [3.63, 3.8) is 0 Å². The average Bonchev–Trinajstić information content (AvgIpc) is 2.92. The highest BCUT2D eigenvalue weighted by Gasteiger charge is 2.36. The van der Waals surface area contributed by atoms with Gasteiger partial charge < -0.3 is 10.6 Å². The van der Waals surface area contributed by atoms with E-state index in [0.29, 0.717) is 12.0 Å². The maximum Gasteiger partial charge on any atom is 0.251 e. The molecule has 1 heterocycles. The summed E-state index contributed by atoms with van der Waals surface area (Å²) in [6.45, 7) is 3.99. The van der Waals surface area contributed by atoms with Crippen LogP contribution in [0.15, 0.2) is 18.2 Å². The summed E-state index contributed by atoms with van der Waals surface area (Å²) < 4.78 is 0. The van der Waals surface area contributed by atoms with E-state index in [4.69, 9.17) is 0 Å². The van der Waals surface area contributed by atoms with Gasteiger partial charge in [0, 0.05) is 24.7 Å². The first-order valence-electron chi connectivity index (χ1n) is 6.41. The molecule has 17 heavy (non-hydrogen) atoms. The molecule has 2 aliphatic rings. The molecule has 1 saturated carbocycles. The Balaban J connectivity index is 1.69. The van der Waals surface area contributed by atoms with Crippen molar-refractivity contribution in [2.75, 3.05) is 0 Å². The van der Waals surface area contributed by atoms with Crippen LogP contribution in [-0.4, -0.2) is 11.9 Å². The van der Waals surface area contributed by atoms with Crippen LogP contribution in [0.1, 0.15) is 41.3 Å². The van der Waals surface area contributed by atoms with Crippen LogP contribution in [0.2, 0.25) is 0 Å². The molecule has 2 atom stereocenters. The lowest BCUT2D eigenvalue weighted by atomic mass is 10.1. The Bertz CT molecular complexity index is 456. The summed E-state index contributed by atoms with van der Waals surface area (Å²) in [4.78, 5) is 12.0. The fourth-order valence-corrected chi connectivity index (χ4v) is 2.56. The van der Waals surface area contributed by atoms with E-state index < -0.39 is 0 Å². The summed E-state index contributed by atoms with van der Waals surface area (Å²) >= 11 is 0. The minimum Gasteiger partial charge on any atom is -0.349 e. The van der Waals surface area contributed by atoms with E-state index in [-0.39, 0.29) is 5.91 Å². The van der Waals surface area contributed by atoms with Crippen LogP contribution in [0.25, 0.3) is 0 Å². The van der Waals surface area contributed by atoms with E-state index in [2.05, 4.69) is 23.6 Å². The van der Waals surface area contributed by atoms with Gasteiger partial charge in [0.25, 0.3) is 5.91 Å². The van der Waals surface area contributed by atoms with Gasteiger partial charge in [-0.3, -0.25) is 4.79 Å². The quantitative estimate of drug-likeness (QED) is 0.831. The van der Waals surface area contributed by atoms with Gasteiger partial charge in [-0.15, -0.1) is 0 Å². The lowest BCUT2D eigenvalue weighted by Gasteiger charge is -2.06. The zero-order chi connectivity index (χ0) is 11.8. The summed E-state index contributed by atoms with van der Waals surface area (Å²) in [5.74, 6) is 0.788. The minimum atomic E-state index is 0.0839. The smallest absolute Gasteiger partial charge is 0.251 e. The molecule has 1 aromatic carbocycles. The Labute approximate surface area is 102 Å². The lowest BCUT2D eigenvalue weighted by Crippen LogP contribution is -2.26. The first-order chi connectivity index (χ1) is 8.28. The van der Waals surface area contributed by atoms with E-state index in [0.717, 1.165) is 25.1 Å². The summed E-state index contributed by atoms with van der Waals surface area (Å²) in [6, 6.07) is 6.44. The maximum atomic E-state index is 12.0. The van der Waals surface area contributed by atoms with Gasteiger partial charge in [0.2, 0.25) is 0 Å². The predicted octanol–water partition coefficient (Wildman–Crippen LogP) is 1.82. The molecule has 1 aliphatic heterocycles. The molecule has 1 amide bonds. The van der Waals surface area contributed by atoms with Crippen molar-refractivity contribution in [2.45, 2.75) is 38.9 Å². The number of benzene rings is 1. The van der Waals surface area contributed by atoms with Crippen molar-refractivity contribution >= 4 is 5.91 Å². The number of nitrogens with one attached hydrogen (secondary N) is 2. The van der Waals surface area contributed by atoms with Gasteiger partial charge in [-0.1, -0.05) is 19.4 Å². The van der Waals surface area contributed by atoms with E-state index in [1.807, 2.05) is 12.1 Å². The molecule has 0 radical (unpaired) electrons. The number of hydrogen-bond acceptors (Lipinski definition) is 2. The van der Waals surface area contributed by atoms with Crippen LogP contribution in [-0.2, 0) is 13.1 Å². The molecule has 1 fully saturated rings. The van der Waals surface area contributed by atoms with E-state index in [1.54, 1.807) is 0 Å². The van der Waals surface area contributed by atoms with Gasteiger partial charge in [-0.05, 0) is 35.6 Å². The summed E-state index contributed by atoms with van der Waals surface area (Å²) in [6.07, 6.45) is 2.31. The molecule has 0 aromatic heterocycles. The van der Waals surface area contributed by atoms with Gasteiger partial charge >= 0.3 is 0 Å². The van der Waals surface area contributed by atoms with Crippen molar-refractivity contribution in [2.24, 2.45) is 5.92 Å². The predicted molar refractivity (Wildman–Crippen MR) is 66.6 cm³/mol. The lowest BCUT2D eigenvalue weighted by molar-refractivity contribution is 0.0949. The number of carbonyl (C=O) groups is 1. The van der Waals surface area contributed by atoms with Crippen LogP contribution in [0.3, 0.4) is 0 Å². The monoisotopic (exact) mass is 230 g/mol. The molecular weight excluding hydrogens is 212 g/mol. The first-order valence-corrected chi connectivity index (χ1v) is 6.41. The summed E-state index contributed by atoms with van der Waals surface area (Å²) in [5, 5.41) is 6.39. The topological polar surface area (TPSA) is 41.1 Å². The third-order valence-electron chi connectivity index (χ3n) is 3.86. The van der Waals surface area contributed by atoms with Gasteiger partial charge in [-0.2, -0.15) is 0 Å². The van der Waals surface area contributed by atoms with Crippen LogP contribution in [0, 0.1) is 5.92 Å². The van der Waals surface area contributed by atoms with E-state index in [1.165, 1.54) is 17.5 Å². The highest BCUT2D eigenvalue weighted by molar-refractivity contribution is 5.94. The van der Waals surface area contributed by atoms with Crippen LogP contribution in [0.5, 0.6) is 0 Å². The number of fused-ring (bicyclic) bond motifs is 1. The molecule has 3 rings (SSSR count). The second kappa shape index (κ2) is 4.15. The Hall–Kier alpha value is -1.35. The summed E-state index contributed by atoms with van der Waals surface area (Å²) in [7, 11) is 0. The second-order valence-electron chi connectivity index (χ2n) is 5.07. The highest BCUT2D eigenvalue weighted by Crippen LogP contribution is 2.33. The zero-order valence-electron chi connectivity index (χ0n) is 10.1. The van der Waals surface area contributed by atoms with Crippen molar-refractivity contribution in [3.8, 4) is 0 Å². The number of carbonyl (C=O) groups excluding carboxylic acids is 1. The van der Waals surface area contributed by atoms with Crippen molar-refractivity contribution in [1.29, 1.82) is 0 Å². The number of hydrogen-bond donors (Lipinski definition) is 2. The molecule has 2 unspecified atom stereocenters. The van der Waals surface area contributed by atoms with E-state index >= 15 is 0 Å². The standard InChI is InChI=1S/C14H18N2O/c1-2-9-6-13(9)16-14(17)10-3-4-11-7-15-8-12(11)5-10/h3-5,9,13,15H,2,6-8H2,1H3,(H,16,17). The van der Waals surface area contributed by atoms with Crippen LogP contribution in [0.4, 0.5) is 0 Å². The summed E-state index contributed by atoms with van der Waals surface area (Å²) in [5.41, 5.74) is 3.38. The van der Waals surface area contributed by atoms with Crippen molar-refractivity contribution < 1.29 is 4.79 Å². The van der Waals surface area contributed by atoms with E-state index in [9.17, 15) is 4.79 Å². The maximum absolute atomic E-state index is 12.0. The van der Waals surface area contributed by atoms with Crippen LogP contribution >= 0.6 is 0 Å². The zero-order valence-corrected chi connectivity index (χ0v) is 10.1. The normalized spacial score (nSPS) is 25.5. The van der Waals surface area contributed by atoms with Gasteiger partial charge in [0.15, 0.2) is 0 Å². The van der Waals surface area contributed by atoms with Gasteiger partial charge in [0.1, 0.15) is 0 Å². The first kappa shape index (κ1) is 10.8. The molecule has 3 heteroatoms. The molecule has 0 saturated heterocycles. The molecule has 2 N–H and O–H groups in total.